The zero-order chi connectivity index (χ0) is 13.0. The van der Waals surface area contributed by atoms with E-state index in [0.717, 1.165) is 4.47 Å². The Bertz CT molecular complexity index is 544. The van der Waals surface area contributed by atoms with Gasteiger partial charge in [0.2, 0.25) is 0 Å². The molecule has 2 rings (SSSR count). The second-order valence-electron chi connectivity index (χ2n) is 4.32. The van der Waals surface area contributed by atoms with Gasteiger partial charge in [0.05, 0.1) is 0 Å². The highest BCUT2D eigenvalue weighted by Gasteiger charge is 2.06. The highest BCUT2D eigenvalue weighted by molar-refractivity contribution is 9.10. The molecule has 0 amide bonds. The van der Waals surface area contributed by atoms with Crippen LogP contribution in [0.4, 0.5) is 0 Å². The van der Waals surface area contributed by atoms with Crippen molar-refractivity contribution in [1.82, 2.24) is 0 Å². The van der Waals surface area contributed by atoms with Gasteiger partial charge in [-0.1, -0.05) is 64.5 Å². The predicted octanol–water partition coefficient (Wildman–Crippen LogP) is 4.23. The highest BCUT2D eigenvalue weighted by atomic mass is 79.9. The Balaban J connectivity index is 2.51. The van der Waals surface area contributed by atoms with E-state index in [1.54, 1.807) is 0 Å². The SMILES string of the molecule is CC(N)/C=C(/c1ccccc1)c1cccc(Br)c1. The van der Waals surface area contributed by atoms with Gasteiger partial charge in [0.15, 0.2) is 0 Å². The quantitative estimate of drug-likeness (QED) is 0.902. The highest BCUT2D eigenvalue weighted by Crippen LogP contribution is 2.25. The molecule has 0 aliphatic heterocycles. The van der Waals surface area contributed by atoms with Crippen LogP contribution in [-0.4, -0.2) is 6.04 Å². The summed E-state index contributed by atoms with van der Waals surface area (Å²) in [7, 11) is 0. The maximum atomic E-state index is 5.92. The normalized spacial score (nSPS) is 13.4. The molecular weight excluding hydrogens is 286 g/mol. The molecule has 0 bridgehead atoms. The van der Waals surface area contributed by atoms with E-state index in [1.807, 2.05) is 37.3 Å². The number of benzene rings is 2. The maximum Gasteiger partial charge on any atom is 0.0204 e. The lowest BCUT2D eigenvalue weighted by Gasteiger charge is -2.10. The van der Waals surface area contributed by atoms with Gasteiger partial charge in [0.25, 0.3) is 0 Å². The fraction of sp³-hybridized carbons (Fsp3) is 0.125. The fourth-order valence-corrected chi connectivity index (χ4v) is 2.29. The van der Waals surface area contributed by atoms with Crippen LogP contribution in [-0.2, 0) is 0 Å². The third-order valence-electron chi connectivity index (χ3n) is 2.65. The Morgan fingerprint density at radius 1 is 1.06 bits per heavy atom. The lowest BCUT2D eigenvalue weighted by Crippen LogP contribution is -2.11. The molecule has 0 spiro atoms. The summed E-state index contributed by atoms with van der Waals surface area (Å²) < 4.78 is 1.08. The van der Waals surface area contributed by atoms with E-state index in [4.69, 9.17) is 5.73 Å². The van der Waals surface area contributed by atoms with Gasteiger partial charge in [0.1, 0.15) is 0 Å². The molecule has 1 unspecified atom stereocenters. The van der Waals surface area contributed by atoms with Gasteiger partial charge >= 0.3 is 0 Å². The standard InChI is InChI=1S/C16H16BrN/c1-12(18)10-16(13-6-3-2-4-7-13)14-8-5-9-15(17)11-14/h2-12H,18H2,1H3/b16-10-. The van der Waals surface area contributed by atoms with Gasteiger partial charge < -0.3 is 5.73 Å². The lowest BCUT2D eigenvalue weighted by molar-refractivity contribution is 0.927. The molecule has 0 aliphatic carbocycles. The van der Waals surface area contributed by atoms with Crippen molar-refractivity contribution >= 4 is 21.5 Å². The smallest absolute Gasteiger partial charge is 0.0204 e. The third kappa shape index (κ3) is 3.31. The number of hydrogen-bond donors (Lipinski definition) is 1. The molecule has 2 aromatic carbocycles. The number of hydrogen-bond acceptors (Lipinski definition) is 1. The molecular formula is C16H16BrN. The van der Waals surface area contributed by atoms with E-state index >= 15 is 0 Å². The van der Waals surface area contributed by atoms with E-state index in [0.29, 0.717) is 0 Å². The first-order chi connectivity index (χ1) is 8.66. The summed E-state index contributed by atoms with van der Waals surface area (Å²) in [5.41, 5.74) is 9.45. The molecule has 92 valence electrons. The van der Waals surface area contributed by atoms with Crippen LogP contribution >= 0.6 is 15.9 Å². The lowest BCUT2D eigenvalue weighted by atomic mass is 9.96. The summed E-state index contributed by atoms with van der Waals surface area (Å²) in [6.45, 7) is 1.99. The van der Waals surface area contributed by atoms with Crippen LogP contribution in [0.15, 0.2) is 65.1 Å². The number of halogens is 1. The Morgan fingerprint density at radius 3 is 2.33 bits per heavy atom. The molecule has 0 radical (unpaired) electrons. The zero-order valence-electron chi connectivity index (χ0n) is 10.3. The van der Waals surface area contributed by atoms with Crippen molar-refractivity contribution in [3.05, 3.63) is 76.3 Å². The van der Waals surface area contributed by atoms with Crippen molar-refractivity contribution in [1.29, 1.82) is 0 Å². The third-order valence-corrected chi connectivity index (χ3v) is 3.14. The van der Waals surface area contributed by atoms with E-state index in [1.165, 1.54) is 16.7 Å². The average Bonchev–Trinajstić information content (AvgIpc) is 2.37. The van der Waals surface area contributed by atoms with E-state index in [-0.39, 0.29) is 6.04 Å². The van der Waals surface area contributed by atoms with Gasteiger partial charge in [-0.05, 0) is 35.8 Å². The molecule has 0 aromatic heterocycles. The molecule has 0 fully saturated rings. The largest absolute Gasteiger partial charge is 0.325 e. The summed E-state index contributed by atoms with van der Waals surface area (Å²) in [6.07, 6.45) is 2.09. The van der Waals surface area contributed by atoms with Crippen molar-refractivity contribution in [3.63, 3.8) is 0 Å². The second kappa shape index (κ2) is 5.98. The Morgan fingerprint density at radius 2 is 1.72 bits per heavy atom. The zero-order valence-corrected chi connectivity index (χ0v) is 11.9. The minimum atomic E-state index is 0.0270. The van der Waals surface area contributed by atoms with Gasteiger partial charge in [0, 0.05) is 10.5 Å². The van der Waals surface area contributed by atoms with E-state index in [9.17, 15) is 0 Å². The summed E-state index contributed by atoms with van der Waals surface area (Å²) >= 11 is 3.51. The molecule has 0 heterocycles. The van der Waals surface area contributed by atoms with Crippen LogP contribution in [0.3, 0.4) is 0 Å². The topological polar surface area (TPSA) is 26.0 Å². The fourth-order valence-electron chi connectivity index (χ4n) is 1.90. The van der Waals surface area contributed by atoms with Crippen molar-refractivity contribution in [2.24, 2.45) is 5.73 Å². The van der Waals surface area contributed by atoms with Gasteiger partial charge in [-0.15, -0.1) is 0 Å². The van der Waals surface area contributed by atoms with E-state index in [2.05, 4.69) is 46.3 Å². The molecule has 2 N–H and O–H groups in total. The molecule has 0 aliphatic rings. The van der Waals surface area contributed by atoms with Crippen molar-refractivity contribution in [3.8, 4) is 0 Å². The van der Waals surface area contributed by atoms with Crippen LogP contribution in [0, 0.1) is 0 Å². The van der Waals surface area contributed by atoms with Crippen LogP contribution in [0.5, 0.6) is 0 Å². The van der Waals surface area contributed by atoms with Crippen LogP contribution in [0.25, 0.3) is 5.57 Å². The average molecular weight is 302 g/mol. The van der Waals surface area contributed by atoms with Crippen molar-refractivity contribution < 1.29 is 0 Å². The Hall–Kier alpha value is -1.38. The summed E-state index contributed by atoms with van der Waals surface area (Å²) in [5, 5.41) is 0. The second-order valence-corrected chi connectivity index (χ2v) is 5.23. The molecule has 1 nitrogen and oxygen atoms in total. The Labute approximate surface area is 116 Å². The minimum absolute atomic E-state index is 0.0270. The molecule has 18 heavy (non-hydrogen) atoms. The summed E-state index contributed by atoms with van der Waals surface area (Å²) in [4.78, 5) is 0. The molecule has 2 heteroatoms. The van der Waals surface area contributed by atoms with Crippen LogP contribution in [0.1, 0.15) is 18.1 Å². The molecule has 0 saturated heterocycles. The van der Waals surface area contributed by atoms with Gasteiger partial charge in [-0.3, -0.25) is 0 Å². The van der Waals surface area contributed by atoms with Crippen molar-refractivity contribution in [2.75, 3.05) is 0 Å². The van der Waals surface area contributed by atoms with Crippen molar-refractivity contribution in [2.45, 2.75) is 13.0 Å². The summed E-state index contributed by atoms with van der Waals surface area (Å²) in [5.74, 6) is 0. The van der Waals surface area contributed by atoms with E-state index < -0.39 is 0 Å². The monoisotopic (exact) mass is 301 g/mol. The first-order valence-corrected chi connectivity index (χ1v) is 6.75. The first kappa shape index (κ1) is 13.1. The van der Waals surface area contributed by atoms with Crippen LogP contribution < -0.4 is 5.73 Å². The molecule has 0 saturated carbocycles. The maximum absolute atomic E-state index is 5.92. The van der Waals surface area contributed by atoms with Gasteiger partial charge in [-0.2, -0.15) is 0 Å². The Kier molecular flexibility index (Phi) is 4.34. The van der Waals surface area contributed by atoms with Crippen LogP contribution in [0.2, 0.25) is 0 Å². The minimum Gasteiger partial charge on any atom is -0.325 e. The first-order valence-electron chi connectivity index (χ1n) is 5.95. The predicted molar refractivity (Wildman–Crippen MR) is 81.3 cm³/mol. The number of rotatable bonds is 3. The number of nitrogens with two attached hydrogens (primary N) is 1. The summed E-state index contributed by atoms with van der Waals surface area (Å²) in [6, 6.07) is 18.6. The molecule has 2 aromatic rings. The molecule has 1 atom stereocenters. The van der Waals surface area contributed by atoms with Gasteiger partial charge in [-0.25, -0.2) is 0 Å².